The molecule has 0 aromatic heterocycles. The van der Waals surface area contributed by atoms with E-state index in [0.717, 1.165) is 10.6 Å². The Hall–Kier alpha value is -1.40. The van der Waals surface area contributed by atoms with Gasteiger partial charge < -0.3 is 5.11 Å². The first kappa shape index (κ1) is 12.7. The van der Waals surface area contributed by atoms with Crippen molar-refractivity contribution in [1.82, 2.24) is 4.31 Å². The van der Waals surface area contributed by atoms with Crippen molar-refractivity contribution in [2.75, 3.05) is 13.3 Å². The van der Waals surface area contributed by atoms with Crippen LogP contribution in [0.3, 0.4) is 0 Å². The fraction of sp³-hybridized carbons (Fsp3) is 0.300. The van der Waals surface area contributed by atoms with Gasteiger partial charge in [0.15, 0.2) is 0 Å². The van der Waals surface area contributed by atoms with Crippen LogP contribution in [0.1, 0.15) is 15.9 Å². The van der Waals surface area contributed by atoms with Gasteiger partial charge in [0.25, 0.3) is 0 Å². The SMILES string of the molecule is CN(Cc1ccccc1C(=O)O)S(C)(=O)=O. The molecule has 0 spiro atoms. The van der Waals surface area contributed by atoms with Gasteiger partial charge in [-0.15, -0.1) is 0 Å². The molecule has 0 saturated carbocycles. The molecule has 0 aliphatic heterocycles. The van der Waals surface area contributed by atoms with Gasteiger partial charge in [-0.05, 0) is 11.6 Å². The Morgan fingerprint density at radius 2 is 1.94 bits per heavy atom. The fourth-order valence-corrected chi connectivity index (χ4v) is 1.60. The Morgan fingerprint density at radius 3 is 2.44 bits per heavy atom. The molecule has 0 unspecified atom stereocenters. The standard InChI is InChI=1S/C10H13NO4S/c1-11(16(2,14)15)7-8-5-3-4-6-9(8)10(12)13/h3-6H,7H2,1-2H3,(H,12,13). The molecule has 6 heteroatoms. The number of aromatic carboxylic acids is 1. The molecule has 1 aromatic carbocycles. The molecule has 0 fully saturated rings. The Labute approximate surface area is 94.4 Å². The van der Waals surface area contributed by atoms with Gasteiger partial charge in [-0.3, -0.25) is 0 Å². The zero-order valence-electron chi connectivity index (χ0n) is 9.04. The maximum atomic E-state index is 11.2. The molecule has 5 nitrogen and oxygen atoms in total. The summed E-state index contributed by atoms with van der Waals surface area (Å²) in [6.45, 7) is 0.0569. The van der Waals surface area contributed by atoms with Crippen molar-refractivity contribution < 1.29 is 18.3 Å². The van der Waals surface area contributed by atoms with Crippen LogP contribution in [0.2, 0.25) is 0 Å². The first-order valence-corrected chi connectivity index (χ1v) is 6.39. The average Bonchev–Trinajstić information content (AvgIpc) is 2.16. The third kappa shape index (κ3) is 3.04. The van der Waals surface area contributed by atoms with E-state index < -0.39 is 16.0 Å². The molecule has 0 bridgehead atoms. The van der Waals surface area contributed by atoms with Gasteiger partial charge in [0.05, 0.1) is 11.8 Å². The molecule has 0 saturated heterocycles. The summed E-state index contributed by atoms with van der Waals surface area (Å²) in [6, 6.07) is 6.34. The highest BCUT2D eigenvalue weighted by atomic mass is 32.2. The number of rotatable bonds is 4. The normalized spacial score (nSPS) is 11.7. The van der Waals surface area contributed by atoms with Crippen molar-refractivity contribution in [3.8, 4) is 0 Å². The number of sulfonamides is 1. The number of carboxylic acids is 1. The van der Waals surface area contributed by atoms with Crippen LogP contribution in [-0.4, -0.2) is 37.1 Å². The van der Waals surface area contributed by atoms with Crippen LogP contribution in [0.5, 0.6) is 0 Å². The molecule has 1 rings (SSSR count). The van der Waals surface area contributed by atoms with E-state index in [2.05, 4.69) is 0 Å². The molecule has 0 radical (unpaired) electrons. The molecule has 1 N–H and O–H groups in total. The minimum absolute atomic E-state index is 0.0569. The van der Waals surface area contributed by atoms with E-state index in [4.69, 9.17) is 5.11 Å². The quantitative estimate of drug-likeness (QED) is 0.847. The lowest BCUT2D eigenvalue weighted by atomic mass is 10.1. The lowest BCUT2D eigenvalue weighted by Crippen LogP contribution is -2.25. The minimum Gasteiger partial charge on any atom is -0.478 e. The molecule has 88 valence electrons. The predicted molar refractivity (Wildman–Crippen MR) is 59.7 cm³/mol. The Kier molecular flexibility index (Phi) is 3.66. The van der Waals surface area contributed by atoms with Gasteiger partial charge in [-0.25, -0.2) is 17.5 Å². The van der Waals surface area contributed by atoms with E-state index in [-0.39, 0.29) is 12.1 Å². The second-order valence-electron chi connectivity index (χ2n) is 3.48. The molecular weight excluding hydrogens is 230 g/mol. The zero-order valence-corrected chi connectivity index (χ0v) is 9.86. The van der Waals surface area contributed by atoms with Crippen LogP contribution < -0.4 is 0 Å². The summed E-state index contributed by atoms with van der Waals surface area (Å²) < 4.78 is 23.5. The maximum absolute atomic E-state index is 11.2. The van der Waals surface area contributed by atoms with Gasteiger partial charge in [0.1, 0.15) is 0 Å². The summed E-state index contributed by atoms with van der Waals surface area (Å²) in [5, 5.41) is 8.91. The highest BCUT2D eigenvalue weighted by molar-refractivity contribution is 7.88. The molecule has 0 aliphatic carbocycles. The highest BCUT2D eigenvalue weighted by Gasteiger charge is 2.15. The van der Waals surface area contributed by atoms with Crippen molar-refractivity contribution >= 4 is 16.0 Å². The van der Waals surface area contributed by atoms with Crippen molar-refractivity contribution in [2.24, 2.45) is 0 Å². The predicted octanol–water partition coefficient (Wildman–Crippen LogP) is 0.776. The monoisotopic (exact) mass is 243 g/mol. The number of nitrogens with zero attached hydrogens (tertiary/aromatic N) is 1. The molecule has 1 aromatic rings. The fourth-order valence-electron chi connectivity index (χ4n) is 1.22. The number of benzene rings is 1. The molecule has 0 atom stereocenters. The second kappa shape index (κ2) is 4.63. The van der Waals surface area contributed by atoms with E-state index >= 15 is 0 Å². The number of carboxylic acid groups (broad SMARTS) is 1. The topological polar surface area (TPSA) is 74.7 Å². The molecule has 0 aliphatic rings. The Bertz CT molecular complexity index is 495. The summed E-state index contributed by atoms with van der Waals surface area (Å²) >= 11 is 0. The maximum Gasteiger partial charge on any atom is 0.336 e. The molecule has 0 amide bonds. The summed E-state index contributed by atoms with van der Waals surface area (Å²) in [6.07, 6.45) is 1.08. The largest absolute Gasteiger partial charge is 0.478 e. The van der Waals surface area contributed by atoms with Gasteiger partial charge in [-0.2, -0.15) is 0 Å². The van der Waals surface area contributed by atoms with E-state index in [1.807, 2.05) is 0 Å². The average molecular weight is 243 g/mol. The van der Waals surface area contributed by atoms with Gasteiger partial charge >= 0.3 is 5.97 Å². The van der Waals surface area contributed by atoms with Gasteiger partial charge in [-0.1, -0.05) is 18.2 Å². The first-order chi connectivity index (χ1) is 7.32. The third-order valence-electron chi connectivity index (χ3n) is 2.21. The smallest absolute Gasteiger partial charge is 0.336 e. The van der Waals surface area contributed by atoms with Crippen LogP contribution in [-0.2, 0) is 16.6 Å². The van der Waals surface area contributed by atoms with E-state index in [0.29, 0.717) is 5.56 Å². The van der Waals surface area contributed by atoms with E-state index in [1.54, 1.807) is 18.2 Å². The van der Waals surface area contributed by atoms with Crippen LogP contribution in [0, 0.1) is 0 Å². The Balaban J connectivity index is 3.02. The summed E-state index contributed by atoms with van der Waals surface area (Å²) in [7, 11) is -1.89. The van der Waals surface area contributed by atoms with Crippen molar-refractivity contribution in [3.63, 3.8) is 0 Å². The van der Waals surface area contributed by atoms with Gasteiger partial charge in [0.2, 0.25) is 10.0 Å². The number of hydrogen-bond donors (Lipinski definition) is 1. The number of carbonyl (C=O) groups is 1. The molecule has 16 heavy (non-hydrogen) atoms. The van der Waals surface area contributed by atoms with E-state index in [1.165, 1.54) is 13.1 Å². The number of hydrogen-bond acceptors (Lipinski definition) is 3. The molecule has 0 heterocycles. The summed E-state index contributed by atoms with van der Waals surface area (Å²) in [5.41, 5.74) is 0.598. The van der Waals surface area contributed by atoms with Crippen molar-refractivity contribution in [3.05, 3.63) is 35.4 Å². The van der Waals surface area contributed by atoms with Crippen molar-refractivity contribution in [1.29, 1.82) is 0 Å². The minimum atomic E-state index is -3.30. The van der Waals surface area contributed by atoms with Crippen LogP contribution in [0.25, 0.3) is 0 Å². The highest BCUT2D eigenvalue weighted by Crippen LogP contribution is 2.12. The van der Waals surface area contributed by atoms with Crippen molar-refractivity contribution in [2.45, 2.75) is 6.54 Å². The lowest BCUT2D eigenvalue weighted by molar-refractivity contribution is 0.0695. The van der Waals surface area contributed by atoms with Crippen LogP contribution in [0.15, 0.2) is 24.3 Å². The lowest BCUT2D eigenvalue weighted by Gasteiger charge is -2.15. The molecular formula is C10H13NO4S. The second-order valence-corrected chi connectivity index (χ2v) is 5.57. The summed E-state index contributed by atoms with van der Waals surface area (Å²) in [5.74, 6) is -1.06. The summed E-state index contributed by atoms with van der Waals surface area (Å²) in [4.78, 5) is 10.9. The van der Waals surface area contributed by atoms with Crippen LogP contribution in [0.4, 0.5) is 0 Å². The zero-order chi connectivity index (χ0) is 12.3. The van der Waals surface area contributed by atoms with Crippen LogP contribution >= 0.6 is 0 Å². The van der Waals surface area contributed by atoms with E-state index in [9.17, 15) is 13.2 Å². The van der Waals surface area contributed by atoms with Gasteiger partial charge in [0, 0.05) is 13.6 Å². The Morgan fingerprint density at radius 1 is 1.38 bits per heavy atom. The first-order valence-electron chi connectivity index (χ1n) is 4.55. The third-order valence-corrected chi connectivity index (χ3v) is 3.47.